The Hall–Kier alpha value is -3.26. The topological polar surface area (TPSA) is 100 Å². The molecule has 0 aliphatic carbocycles. The van der Waals surface area contributed by atoms with E-state index >= 15 is 0 Å². The second-order valence-corrected chi connectivity index (χ2v) is 5.88. The number of rotatable bonds is 8. The van der Waals surface area contributed by atoms with Crippen LogP contribution in [0, 0.1) is 10.1 Å². The van der Waals surface area contributed by atoms with Crippen LogP contribution in [0.15, 0.2) is 30.3 Å². The third-order valence-electron chi connectivity index (χ3n) is 4.17. The molecule has 2 rings (SSSR count). The molecule has 2 aromatic carbocycles. The maximum atomic E-state index is 11.3. The summed E-state index contributed by atoms with van der Waals surface area (Å²) in [4.78, 5) is 10.8. The molecular weight excluding hydrogens is 366 g/mol. The Morgan fingerprint density at radius 1 is 1.00 bits per heavy atom. The van der Waals surface area contributed by atoms with Crippen molar-refractivity contribution in [1.82, 2.24) is 0 Å². The van der Waals surface area contributed by atoms with Crippen molar-refractivity contribution in [3.63, 3.8) is 0 Å². The molecule has 1 N–H and O–H groups in total. The van der Waals surface area contributed by atoms with E-state index in [1.807, 2.05) is 0 Å². The number of aliphatic hydroxyl groups excluding tert-OH is 1. The van der Waals surface area contributed by atoms with Gasteiger partial charge in [-0.1, -0.05) is 6.07 Å². The van der Waals surface area contributed by atoms with Crippen LogP contribution in [0.2, 0.25) is 0 Å². The number of hydrogen-bond donors (Lipinski definition) is 1. The number of hydrogen-bond acceptors (Lipinski definition) is 7. The largest absolute Gasteiger partial charge is 0.493 e. The summed E-state index contributed by atoms with van der Waals surface area (Å²) in [6, 6.07) is 7.99. The molecule has 1 unspecified atom stereocenters. The standard InChI is InChI=1S/C20H23NO7/c1-12(22)15(8-13-6-7-17(25-2)16(9-13)21(23)24)14-10-18(26-3)20(28-5)19(11-14)27-4/h6-12,22H,1-5H3/b15-8+. The number of nitro groups is 1. The van der Waals surface area contributed by atoms with E-state index in [1.54, 1.807) is 31.2 Å². The summed E-state index contributed by atoms with van der Waals surface area (Å²) in [6.07, 6.45) is 0.807. The monoisotopic (exact) mass is 389 g/mol. The number of benzene rings is 2. The second-order valence-electron chi connectivity index (χ2n) is 5.88. The van der Waals surface area contributed by atoms with E-state index in [2.05, 4.69) is 0 Å². The van der Waals surface area contributed by atoms with Crippen LogP contribution in [0.3, 0.4) is 0 Å². The molecule has 0 aliphatic rings. The van der Waals surface area contributed by atoms with E-state index < -0.39 is 11.0 Å². The van der Waals surface area contributed by atoms with Crippen molar-refractivity contribution < 1.29 is 29.0 Å². The molecule has 0 aliphatic heterocycles. The minimum absolute atomic E-state index is 0.161. The van der Waals surface area contributed by atoms with E-state index in [1.165, 1.54) is 40.6 Å². The first-order chi connectivity index (χ1) is 13.4. The van der Waals surface area contributed by atoms with Crippen molar-refractivity contribution in [3.05, 3.63) is 51.6 Å². The van der Waals surface area contributed by atoms with Gasteiger partial charge in [0, 0.05) is 6.07 Å². The highest BCUT2D eigenvalue weighted by Crippen LogP contribution is 2.41. The summed E-state index contributed by atoms with van der Waals surface area (Å²) in [5.41, 5.74) is 1.53. The molecular formula is C20H23NO7. The highest BCUT2D eigenvalue weighted by molar-refractivity contribution is 5.85. The Bertz CT molecular complexity index is 865. The van der Waals surface area contributed by atoms with Gasteiger partial charge in [0.1, 0.15) is 0 Å². The van der Waals surface area contributed by atoms with Crippen molar-refractivity contribution in [2.45, 2.75) is 13.0 Å². The van der Waals surface area contributed by atoms with Crippen molar-refractivity contribution >= 4 is 17.3 Å². The number of nitro benzene ring substituents is 1. The van der Waals surface area contributed by atoms with E-state index in [4.69, 9.17) is 18.9 Å². The molecule has 0 bridgehead atoms. The van der Waals surface area contributed by atoms with E-state index in [-0.39, 0.29) is 11.4 Å². The molecule has 150 valence electrons. The summed E-state index contributed by atoms with van der Waals surface area (Å²) < 4.78 is 21.1. The summed E-state index contributed by atoms with van der Waals surface area (Å²) in [6.45, 7) is 1.60. The van der Waals surface area contributed by atoms with Gasteiger partial charge in [0.25, 0.3) is 0 Å². The molecule has 8 nitrogen and oxygen atoms in total. The van der Waals surface area contributed by atoms with E-state index in [0.29, 0.717) is 33.9 Å². The SMILES string of the molecule is COc1ccc(/C=C(/c2cc(OC)c(OC)c(OC)c2)C(C)O)cc1[N+](=O)[O-]. The van der Waals surface area contributed by atoms with Crippen molar-refractivity contribution in [2.75, 3.05) is 28.4 Å². The van der Waals surface area contributed by atoms with Crippen molar-refractivity contribution in [3.8, 4) is 23.0 Å². The minimum atomic E-state index is -0.857. The first kappa shape index (κ1) is 21.0. The molecule has 8 heteroatoms. The molecule has 0 spiro atoms. The molecule has 0 aromatic heterocycles. The Morgan fingerprint density at radius 2 is 1.57 bits per heavy atom. The van der Waals surface area contributed by atoms with Crippen LogP contribution in [-0.2, 0) is 0 Å². The first-order valence-electron chi connectivity index (χ1n) is 8.38. The molecule has 1 atom stereocenters. The summed E-state index contributed by atoms with van der Waals surface area (Å²) in [5, 5.41) is 21.6. The van der Waals surface area contributed by atoms with Crippen LogP contribution in [0.5, 0.6) is 23.0 Å². The van der Waals surface area contributed by atoms with Gasteiger partial charge in [0.05, 0.1) is 39.5 Å². The Kier molecular flexibility index (Phi) is 6.84. The maximum absolute atomic E-state index is 11.3. The Morgan fingerprint density at radius 3 is 2.00 bits per heavy atom. The van der Waals surface area contributed by atoms with Gasteiger partial charge < -0.3 is 24.1 Å². The second kappa shape index (κ2) is 9.09. The fraction of sp³-hybridized carbons (Fsp3) is 0.300. The molecule has 0 radical (unpaired) electrons. The smallest absolute Gasteiger partial charge is 0.311 e. The zero-order valence-electron chi connectivity index (χ0n) is 16.4. The lowest BCUT2D eigenvalue weighted by atomic mass is 9.97. The third kappa shape index (κ3) is 4.34. The molecule has 0 saturated carbocycles. The van der Waals surface area contributed by atoms with Crippen molar-refractivity contribution in [1.29, 1.82) is 0 Å². The first-order valence-corrected chi connectivity index (χ1v) is 8.38. The fourth-order valence-corrected chi connectivity index (χ4v) is 2.81. The molecule has 0 saturated heterocycles. The lowest BCUT2D eigenvalue weighted by Gasteiger charge is -2.17. The molecule has 0 fully saturated rings. The molecule has 0 heterocycles. The van der Waals surface area contributed by atoms with Crippen LogP contribution in [0.1, 0.15) is 18.1 Å². The van der Waals surface area contributed by atoms with Gasteiger partial charge in [0.2, 0.25) is 5.75 Å². The van der Waals surface area contributed by atoms with Gasteiger partial charge >= 0.3 is 5.69 Å². The predicted octanol–water partition coefficient (Wildman–Crippen LogP) is 3.55. The zero-order chi connectivity index (χ0) is 20.8. The lowest BCUT2D eigenvalue weighted by Crippen LogP contribution is -2.05. The van der Waals surface area contributed by atoms with Crippen LogP contribution in [0.25, 0.3) is 11.6 Å². The fourth-order valence-electron chi connectivity index (χ4n) is 2.81. The number of methoxy groups -OCH3 is 4. The summed E-state index contributed by atoms with van der Waals surface area (Å²) in [7, 11) is 5.87. The quantitative estimate of drug-likeness (QED) is 0.419. The average Bonchev–Trinajstić information content (AvgIpc) is 2.70. The van der Waals surface area contributed by atoms with Gasteiger partial charge in [-0.15, -0.1) is 0 Å². The molecule has 2 aromatic rings. The van der Waals surface area contributed by atoms with Crippen LogP contribution in [-0.4, -0.2) is 44.6 Å². The Labute approximate surface area is 163 Å². The summed E-state index contributed by atoms with van der Waals surface area (Å²) in [5.74, 6) is 1.46. The van der Waals surface area contributed by atoms with Crippen LogP contribution >= 0.6 is 0 Å². The predicted molar refractivity (Wildman–Crippen MR) is 105 cm³/mol. The minimum Gasteiger partial charge on any atom is -0.493 e. The molecule has 0 amide bonds. The maximum Gasteiger partial charge on any atom is 0.311 e. The summed E-state index contributed by atoms with van der Waals surface area (Å²) >= 11 is 0. The van der Waals surface area contributed by atoms with E-state index in [9.17, 15) is 15.2 Å². The average molecular weight is 389 g/mol. The van der Waals surface area contributed by atoms with Crippen LogP contribution in [0.4, 0.5) is 5.69 Å². The normalized spacial score (nSPS) is 12.3. The van der Waals surface area contributed by atoms with Crippen molar-refractivity contribution in [2.24, 2.45) is 0 Å². The number of nitrogens with zero attached hydrogens (tertiary/aromatic N) is 1. The van der Waals surface area contributed by atoms with Gasteiger partial charge in [-0.25, -0.2) is 0 Å². The Balaban J connectivity index is 2.64. The third-order valence-corrected chi connectivity index (χ3v) is 4.17. The number of aliphatic hydroxyl groups is 1. The number of ether oxygens (including phenoxy) is 4. The zero-order valence-corrected chi connectivity index (χ0v) is 16.4. The van der Waals surface area contributed by atoms with Crippen LogP contribution < -0.4 is 18.9 Å². The van der Waals surface area contributed by atoms with E-state index in [0.717, 1.165) is 0 Å². The van der Waals surface area contributed by atoms with Gasteiger partial charge in [-0.3, -0.25) is 10.1 Å². The highest BCUT2D eigenvalue weighted by atomic mass is 16.6. The van der Waals surface area contributed by atoms with Gasteiger partial charge in [-0.05, 0) is 47.9 Å². The lowest BCUT2D eigenvalue weighted by molar-refractivity contribution is -0.385. The highest BCUT2D eigenvalue weighted by Gasteiger charge is 2.19. The van der Waals surface area contributed by atoms with Gasteiger partial charge in [0.15, 0.2) is 17.2 Å². The van der Waals surface area contributed by atoms with Gasteiger partial charge in [-0.2, -0.15) is 0 Å². The molecule has 28 heavy (non-hydrogen) atoms.